The molecule has 0 atom stereocenters. The fraction of sp³-hybridized carbons (Fsp3) is 0.467. The van der Waals surface area contributed by atoms with E-state index in [4.69, 9.17) is 0 Å². The Morgan fingerprint density at radius 2 is 1.94 bits per heavy atom. The van der Waals surface area contributed by atoms with E-state index < -0.39 is 0 Å². The fourth-order valence-electron chi connectivity index (χ4n) is 2.96. The van der Waals surface area contributed by atoms with E-state index in [9.17, 15) is 4.79 Å². The molecule has 0 unspecified atom stereocenters. The first-order valence-electron chi connectivity index (χ1n) is 6.75. The van der Waals surface area contributed by atoms with Crippen molar-refractivity contribution in [1.29, 1.82) is 0 Å². The Morgan fingerprint density at radius 1 is 1.22 bits per heavy atom. The average Bonchev–Trinajstić information content (AvgIpc) is 2.75. The van der Waals surface area contributed by atoms with Crippen molar-refractivity contribution in [2.24, 2.45) is 5.92 Å². The number of imidazole rings is 1. The summed E-state index contributed by atoms with van der Waals surface area (Å²) in [5, 5.41) is 0. The normalized spacial score (nSPS) is 17.2. The molecule has 3 rings (SSSR count). The summed E-state index contributed by atoms with van der Waals surface area (Å²) in [6, 6.07) is 7.88. The van der Waals surface area contributed by atoms with Crippen LogP contribution in [0.4, 0.5) is 0 Å². The number of nitrogens with zero attached hydrogens (tertiary/aromatic N) is 2. The third-order valence-corrected chi connectivity index (χ3v) is 3.90. The summed E-state index contributed by atoms with van der Waals surface area (Å²) >= 11 is 0. The third kappa shape index (κ3) is 1.84. The summed E-state index contributed by atoms with van der Waals surface area (Å²) in [6.45, 7) is 1.92. The van der Waals surface area contributed by atoms with Gasteiger partial charge in [-0.3, -0.25) is 9.36 Å². The van der Waals surface area contributed by atoms with Gasteiger partial charge in [0.25, 0.3) is 0 Å². The van der Waals surface area contributed by atoms with E-state index in [0.29, 0.717) is 0 Å². The molecule has 1 fully saturated rings. The summed E-state index contributed by atoms with van der Waals surface area (Å²) in [5.41, 5.74) is 1.87. The van der Waals surface area contributed by atoms with Crippen molar-refractivity contribution in [3.05, 3.63) is 30.1 Å². The molecular weight excluding hydrogens is 224 g/mol. The average molecular weight is 242 g/mol. The molecule has 3 nitrogen and oxygen atoms in total. The van der Waals surface area contributed by atoms with Gasteiger partial charge >= 0.3 is 0 Å². The molecule has 1 heterocycles. The second-order valence-electron chi connectivity index (χ2n) is 5.16. The van der Waals surface area contributed by atoms with Crippen LogP contribution in [0.1, 0.15) is 42.7 Å². The highest BCUT2D eigenvalue weighted by atomic mass is 16.2. The number of carbonyl (C=O) groups excluding carboxylic acids is 1. The molecule has 0 aliphatic heterocycles. The van der Waals surface area contributed by atoms with Gasteiger partial charge in [0, 0.05) is 5.92 Å². The molecule has 2 aromatic rings. The van der Waals surface area contributed by atoms with Gasteiger partial charge in [-0.1, -0.05) is 31.4 Å². The van der Waals surface area contributed by atoms with Gasteiger partial charge in [-0.15, -0.1) is 0 Å². The van der Waals surface area contributed by atoms with Crippen molar-refractivity contribution in [3.63, 3.8) is 0 Å². The van der Waals surface area contributed by atoms with Crippen molar-refractivity contribution < 1.29 is 4.79 Å². The van der Waals surface area contributed by atoms with Crippen LogP contribution in [-0.4, -0.2) is 15.5 Å². The predicted molar refractivity (Wildman–Crippen MR) is 71.7 cm³/mol. The molecule has 1 aromatic carbocycles. The Bertz CT molecular complexity index is 579. The van der Waals surface area contributed by atoms with Crippen LogP contribution in [0.3, 0.4) is 0 Å². The number of aromatic nitrogens is 2. The molecule has 1 aliphatic carbocycles. The minimum Gasteiger partial charge on any atom is -0.274 e. The highest BCUT2D eigenvalue weighted by molar-refractivity contribution is 5.92. The first-order chi connectivity index (χ1) is 8.77. The number of benzene rings is 1. The Kier molecular flexibility index (Phi) is 2.90. The van der Waals surface area contributed by atoms with Gasteiger partial charge in [0.15, 0.2) is 0 Å². The molecule has 3 heteroatoms. The number of aryl methyl sites for hydroxylation is 1. The van der Waals surface area contributed by atoms with Crippen molar-refractivity contribution in [2.45, 2.75) is 39.0 Å². The Morgan fingerprint density at radius 3 is 2.72 bits per heavy atom. The number of hydrogen-bond acceptors (Lipinski definition) is 2. The van der Waals surface area contributed by atoms with Gasteiger partial charge in [0.05, 0.1) is 11.0 Å². The van der Waals surface area contributed by atoms with Crippen LogP contribution in [-0.2, 0) is 0 Å². The monoisotopic (exact) mass is 242 g/mol. The highest BCUT2D eigenvalue weighted by Gasteiger charge is 2.24. The van der Waals surface area contributed by atoms with Crippen molar-refractivity contribution in [3.8, 4) is 0 Å². The minimum absolute atomic E-state index is 0.190. The van der Waals surface area contributed by atoms with Crippen molar-refractivity contribution in [1.82, 2.24) is 9.55 Å². The first-order valence-corrected chi connectivity index (χ1v) is 6.75. The maximum Gasteiger partial charge on any atom is 0.235 e. The van der Waals surface area contributed by atoms with Crippen molar-refractivity contribution in [2.75, 3.05) is 0 Å². The quantitative estimate of drug-likeness (QED) is 0.766. The number of carbonyl (C=O) groups is 1. The minimum atomic E-state index is 0.190. The van der Waals surface area contributed by atoms with Gasteiger partial charge in [-0.05, 0) is 31.9 Å². The van der Waals surface area contributed by atoms with Gasteiger partial charge in [0.1, 0.15) is 5.82 Å². The van der Waals surface area contributed by atoms with E-state index in [1.54, 1.807) is 0 Å². The van der Waals surface area contributed by atoms with Crippen LogP contribution in [0.5, 0.6) is 0 Å². The van der Waals surface area contributed by atoms with Gasteiger partial charge in [-0.25, -0.2) is 4.98 Å². The lowest BCUT2D eigenvalue weighted by atomic mass is 9.88. The largest absolute Gasteiger partial charge is 0.274 e. The van der Waals surface area contributed by atoms with Gasteiger partial charge in [-0.2, -0.15) is 0 Å². The highest BCUT2D eigenvalue weighted by Crippen LogP contribution is 2.27. The molecule has 0 bridgehead atoms. The molecular formula is C15H18N2O. The molecule has 0 spiro atoms. The van der Waals surface area contributed by atoms with E-state index in [1.165, 1.54) is 19.3 Å². The summed E-state index contributed by atoms with van der Waals surface area (Å²) in [6.07, 6.45) is 5.70. The van der Waals surface area contributed by atoms with Gasteiger partial charge < -0.3 is 0 Å². The zero-order chi connectivity index (χ0) is 12.5. The number of rotatable bonds is 1. The number of hydrogen-bond donors (Lipinski definition) is 0. The predicted octanol–water partition coefficient (Wildman–Crippen LogP) is 3.57. The standard InChI is InChI=1S/C15H18N2O/c1-11-16-13-9-5-6-10-14(13)17(11)15(18)12-7-3-2-4-8-12/h5-6,9-10,12H,2-4,7-8H2,1H3. The molecule has 0 amide bonds. The first kappa shape index (κ1) is 11.5. The van der Waals surface area contributed by atoms with Crippen LogP contribution in [0.15, 0.2) is 24.3 Å². The molecule has 94 valence electrons. The van der Waals surface area contributed by atoms with Crippen LogP contribution in [0.2, 0.25) is 0 Å². The smallest absolute Gasteiger partial charge is 0.235 e. The molecule has 1 saturated carbocycles. The van der Waals surface area contributed by atoms with E-state index in [0.717, 1.165) is 29.7 Å². The summed E-state index contributed by atoms with van der Waals surface area (Å²) in [7, 11) is 0. The zero-order valence-electron chi connectivity index (χ0n) is 10.7. The fourth-order valence-corrected chi connectivity index (χ4v) is 2.96. The Balaban J connectivity index is 2.02. The lowest BCUT2D eigenvalue weighted by Crippen LogP contribution is -2.24. The number of para-hydroxylation sites is 2. The second kappa shape index (κ2) is 4.56. The molecule has 18 heavy (non-hydrogen) atoms. The molecule has 0 saturated heterocycles. The van der Waals surface area contributed by atoms with Crippen LogP contribution in [0.25, 0.3) is 11.0 Å². The van der Waals surface area contributed by atoms with Crippen molar-refractivity contribution >= 4 is 16.9 Å². The number of fused-ring (bicyclic) bond motifs is 1. The Labute approximate surface area is 107 Å². The van der Waals surface area contributed by atoms with Crippen LogP contribution in [0, 0.1) is 12.8 Å². The van der Waals surface area contributed by atoms with E-state index in [1.807, 2.05) is 35.8 Å². The van der Waals surface area contributed by atoms with E-state index in [-0.39, 0.29) is 11.8 Å². The third-order valence-electron chi connectivity index (χ3n) is 3.90. The molecule has 0 N–H and O–H groups in total. The topological polar surface area (TPSA) is 34.9 Å². The molecule has 1 aromatic heterocycles. The maximum atomic E-state index is 12.6. The van der Waals surface area contributed by atoms with Crippen LogP contribution < -0.4 is 0 Å². The maximum absolute atomic E-state index is 12.6. The summed E-state index contributed by atoms with van der Waals surface area (Å²) < 4.78 is 1.81. The molecule has 1 aliphatic rings. The lowest BCUT2D eigenvalue weighted by molar-refractivity contribution is 0.0804. The van der Waals surface area contributed by atoms with E-state index >= 15 is 0 Å². The summed E-state index contributed by atoms with van der Waals surface area (Å²) in [5.74, 6) is 1.24. The van der Waals surface area contributed by atoms with Crippen LogP contribution >= 0.6 is 0 Å². The second-order valence-corrected chi connectivity index (χ2v) is 5.16. The lowest BCUT2D eigenvalue weighted by Gasteiger charge is -2.21. The Hall–Kier alpha value is -1.64. The molecule has 0 radical (unpaired) electrons. The SMILES string of the molecule is Cc1nc2ccccc2n1C(=O)C1CCCCC1. The van der Waals surface area contributed by atoms with Gasteiger partial charge in [0.2, 0.25) is 5.91 Å². The summed E-state index contributed by atoms with van der Waals surface area (Å²) in [4.78, 5) is 17.1. The van der Waals surface area contributed by atoms with E-state index in [2.05, 4.69) is 4.98 Å². The zero-order valence-corrected chi connectivity index (χ0v) is 10.7.